The Morgan fingerprint density at radius 2 is 1.24 bits per heavy atom. The van der Waals surface area contributed by atoms with Gasteiger partial charge in [-0.2, -0.15) is 0 Å². The fraction of sp³-hybridized carbons (Fsp3) is 0.524. The average molecular weight is 486 g/mol. The molecule has 0 amide bonds. The Morgan fingerprint density at radius 1 is 0.758 bits per heavy atom. The molecule has 1 aliphatic rings. The van der Waals surface area contributed by atoms with Crippen LogP contribution in [0.5, 0.6) is 0 Å². The number of rotatable bonds is 8. The summed E-state index contributed by atoms with van der Waals surface area (Å²) in [6.45, 7) is 3.98. The molecule has 1 aromatic carbocycles. The van der Waals surface area contributed by atoms with Crippen LogP contribution >= 0.6 is 0 Å². The minimum absolute atomic E-state index is 0.00198. The number of carbonyl (C=O) groups excluding carboxylic acids is 4. The van der Waals surface area contributed by atoms with E-state index in [4.69, 9.17) is 23.7 Å². The van der Waals surface area contributed by atoms with Gasteiger partial charge < -0.3 is 23.7 Å². The summed E-state index contributed by atoms with van der Waals surface area (Å²) in [7, 11) is -3.95. The third-order valence-electron chi connectivity index (χ3n) is 4.57. The van der Waals surface area contributed by atoms with Crippen molar-refractivity contribution in [2.75, 3.05) is 12.4 Å². The first-order valence-electron chi connectivity index (χ1n) is 9.99. The van der Waals surface area contributed by atoms with E-state index in [1.54, 1.807) is 18.2 Å². The van der Waals surface area contributed by atoms with E-state index in [-0.39, 0.29) is 4.90 Å². The maximum Gasteiger partial charge on any atom is 0.303 e. The molecule has 0 aromatic heterocycles. The minimum atomic E-state index is -3.95. The molecule has 0 aliphatic carbocycles. The molecule has 33 heavy (non-hydrogen) atoms. The van der Waals surface area contributed by atoms with E-state index in [2.05, 4.69) is 0 Å². The minimum Gasteiger partial charge on any atom is -0.463 e. The summed E-state index contributed by atoms with van der Waals surface area (Å²) < 4.78 is 52.6. The quantitative estimate of drug-likeness (QED) is 0.375. The highest BCUT2D eigenvalue weighted by Gasteiger charge is 2.53. The van der Waals surface area contributed by atoms with Crippen LogP contribution in [0.4, 0.5) is 0 Å². The monoisotopic (exact) mass is 486 g/mol. The SMILES string of the molecule is CC(=O)OC[C@H]1O[C@@H](CS(=O)(=O)c2ccccc2)[C@H](OC(C)=O)[C@@H](OC(C)=O)[C@@H]1OC(C)=O. The predicted molar refractivity (Wildman–Crippen MR) is 110 cm³/mol. The number of hydrogen-bond donors (Lipinski definition) is 0. The largest absolute Gasteiger partial charge is 0.463 e. The molecular weight excluding hydrogens is 460 g/mol. The Bertz CT molecular complexity index is 973. The molecule has 1 heterocycles. The van der Waals surface area contributed by atoms with Crippen molar-refractivity contribution in [3.8, 4) is 0 Å². The first kappa shape index (κ1) is 26.3. The maximum absolute atomic E-state index is 13.0. The van der Waals surface area contributed by atoms with Gasteiger partial charge in [-0.3, -0.25) is 19.2 Å². The van der Waals surface area contributed by atoms with Crippen molar-refractivity contribution in [3.63, 3.8) is 0 Å². The molecule has 0 N–H and O–H groups in total. The van der Waals surface area contributed by atoms with Gasteiger partial charge in [0, 0.05) is 27.7 Å². The molecule has 0 radical (unpaired) electrons. The van der Waals surface area contributed by atoms with Gasteiger partial charge in [-0.1, -0.05) is 18.2 Å². The normalized spacial score (nSPS) is 24.9. The van der Waals surface area contributed by atoms with Gasteiger partial charge in [0.1, 0.15) is 18.8 Å². The summed E-state index contributed by atoms with van der Waals surface area (Å²) in [6, 6.07) is 7.51. The highest BCUT2D eigenvalue weighted by Crippen LogP contribution is 2.31. The lowest BCUT2D eigenvalue weighted by Crippen LogP contribution is -2.63. The molecule has 11 nitrogen and oxygen atoms in total. The van der Waals surface area contributed by atoms with Crippen LogP contribution in [0, 0.1) is 0 Å². The van der Waals surface area contributed by atoms with E-state index in [9.17, 15) is 27.6 Å². The molecule has 2 rings (SSSR count). The van der Waals surface area contributed by atoms with Crippen LogP contribution in [0.3, 0.4) is 0 Å². The van der Waals surface area contributed by atoms with Crippen LogP contribution in [0.25, 0.3) is 0 Å². The number of sulfone groups is 1. The smallest absolute Gasteiger partial charge is 0.303 e. The van der Waals surface area contributed by atoms with Gasteiger partial charge in [-0.15, -0.1) is 0 Å². The van der Waals surface area contributed by atoms with E-state index in [0.29, 0.717) is 0 Å². The summed E-state index contributed by atoms with van der Waals surface area (Å²) in [5.41, 5.74) is 0. The molecule has 1 saturated heterocycles. The van der Waals surface area contributed by atoms with Gasteiger partial charge in [0.25, 0.3) is 0 Å². The van der Waals surface area contributed by atoms with E-state index in [0.717, 1.165) is 27.7 Å². The second-order valence-corrected chi connectivity index (χ2v) is 9.37. The summed E-state index contributed by atoms with van der Waals surface area (Å²) in [5, 5.41) is 0. The fourth-order valence-corrected chi connectivity index (χ4v) is 4.86. The molecule has 0 spiro atoms. The second kappa shape index (κ2) is 11.2. The lowest BCUT2D eigenvalue weighted by atomic mass is 9.95. The highest BCUT2D eigenvalue weighted by atomic mass is 32.2. The third kappa shape index (κ3) is 7.53. The number of hydrogen-bond acceptors (Lipinski definition) is 11. The van der Waals surface area contributed by atoms with Crippen LogP contribution in [0.2, 0.25) is 0 Å². The van der Waals surface area contributed by atoms with Gasteiger partial charge >= 0.3 is 23.9 Å². The Hall–Kier alpha value is -2.99. The van der Waals surface area contributed by atoms with E-state index >= 15 is 0 Å². The van der Waals surface area contributed by atoms with Gasteiger partial charge in [0.05, 0.1) is 10.6 Å². The second-order valence-electron chi connectivity index (χ2n) is 7.33. The van der Waals surface area contributed by atoms with Crippen molar-refractivity contribution >= 4 is 33.7 Å². The summed E-state index contributed by atoms with van der Waals surface area (Å²) in [6.07, 6.45) is -6.73. The zero-order chi connectivity index (χ0) is 24.8. The lowest BCUT2D eigenvalue weighted by Gasteiger charge is -2.44. The maximum atomic E-state index is 13.0. The Labute approximate surface area is 191 Å². The van der Waals surface area contributed by atoms with Crippen molar-refractivity contribution in [1.29, 1.82) is 0 Å². The van der Waals surface area contributed by atoms with Crippen molar-refractivity contribution in [2.24, 2.45) is 0 Å². The third-order valence-corrected chi connectivity index (χ3v) is 6.33. The van der Waals surface area contributed by atoms with Crippen molar-refractivity contribution in [2.45, 2.75) is 63.1 Å². The number of carbonyl (C=O) groups is 4. The molecule has 0 saturated carbocycles. The van der Waals surface area contributed by atoms with E-state index < -0.39 is 76.6 Å². The standard InChI is InChI=1S/C21H26O11S/c1-12(22)28-10-17-19(29-13(2)23)21(31-15(4)25)20(30-14(3)24)18(32-17)11-33(26,27)16-8-6-5-7-9-16/h5-9,17-21H,10-11H2,1-4H3/t17-,18+,19-,20+,21+/m1/s1. The first-order chi connectivity index (χ1) is 15.4. The number of benzene rings is 1. The summed E-state index contributed by atoms with van der Waals surface area (Å²) in [4.78, 5) is 46.7. The molecule has 12 heteroatoms. The molecular formula is C21H26O11S. The zero-order valence-corrected chi connectivity index (χ0v) is 19.4. The average Bonchev–Trinajstić information content (AvgIpc) is 2.70. The Balaban J connectivity index is 2.50. The van der Waals surface area contributed by atoms with Crippen molar-refractivity contribution in [1.82, 2.24) is 0 Å². The van der Waals surface area contributed by atoms with Crippen molar-refractivity contribution < 1.29 is 51.3 Å². The molecule has 1 aromatic rings. The first-order valence-corrected chi connectivity index (χ1v) is 11.6. The predicted octanol–water partition coefficient (Wildman–Crippen LogP) is 0.586. The van der Waals surface area contributed by atoms with Crippen LogP contribution in [-0.2, 0) is 52.7 Å². The van der Waals surface area contributed by atoms with Crippen LogP contribution in [-0.4, -0.2) is 75.2 Å². The topological polar surface area (TPSA) is 149 Å². The van der Waals surface area contributed by atoms with Crippen LogP contribution < -0.4 is 0 Å². The molecule has 1 fully saturated rings. The van der Waals surface area contributed by atoms with Crippen LogP contribution in [0.15, 0.2) is 35.2 Å². The Kier molecular flexibility index (Phi) is 8.94. The Morgan fingerprint density at radius 3 is 1.73 bits per heavy atom. The molecule has 182 valence electrons. The molecule has 5 atom stereocenters. The summed E-state index contributed by atoms with van der Waals surface area (Å²) in [5.74, 6) is -3.70. The van der Waals surface area contributed by atoms with Gasteiger partial charge in [0.2, 0.25) is 0 Å². The van der Waals surface area contributed by atoms with E-state index in [1.165, 1.54) is 12.1 Å². The van der Waals surface area contributed by atoms with Gasteiger partial charge in [0.15, 0.2) is 28.1 Å². The van der Waals surface area contributed by atoms with Gasteiger partial charge in [-0.25, -0.2) is 8.42 Å². The zero-order valence-electron chi connectivity index (χ0n) is 18.6. The lowest BCUT2D eigenvalue weighted by molar-refractivity contribution is -0.248. The summed E-state index contributed by atoms with van der Waals surface area (Å²) >= 11 is 0. The van der Waals surface area contributed by atoms with E-state index in [1.807, 2.05) is 0 Å². The van der Waals surface area contributed by atoms with Crippen molar-refractivity contribution in [3.05, 3.63) is 30.3 Å². The fourth-order valence-electron chi connectivity index (χ4n) is 3.39. The molecule has 0 bridgehead atoms. The highest BCUT2D eigenvalue weighted by molar-refractivity contribution is 7.91. The van der Waals surface area contributed by atoms with Gasteiger partial charge in [-0.05, 0) is 12.1 Å². The number of esters is 4. The molecule has 1 aliphatic heterocycles. The molecule has 0 unspecified atom stereocenters. The van der Waals surface area contributed by atoms with Crippen LogP contribution in [0.1, 0.15) is 27.7 Å². The number of ether oxygens (including phenoxy) is 5.